The molecule has 0 aliphatic rings. The lowest BCUT2D eigenvalue weighted by Gasteiger charge is -2.22. The van der Waals surface area contributed by atoms with Gasteiger partial charge in [-0.05, 0) is 17.9 Å². The third kappa shape index (κ3) is 1.87. The fraction of sp³-hybridized carbons (Fsp3) is 0.538. The third-order valence-electron chi connectivity index (χ3n) is 3.29. The zero-order valence-corrected chi connectivity index (χ0v) is 12.1. The summed E-state index contributed by atoms with van der Waals surface area (Å²) >= 11 is 0. The van der Waals surface area contributed by atoms with Crippen molar-refractivity contribution in [3.8, 4) is 0 Å². The zero-order chi connectivity index (χ0) is 14.5. The van der Waals surface area contributed by atoms with Gasteiger partial charge < -0.3 is 0 Å². The predicted molar refractivity (Wildman–Crippen MR) is 73.5 cm³/mol. The van der Waals surface area contributed by atoms with Crippen LogP contribution in [0.2, 0.25) is 0 Å². The Balaban J connectivity index is 3.20. The van der Waals surface area contributed by atoms with E-state index in [0.717, 1.165) is 15.8 Å². The number of hydrogen-bond donors (Lipinski definition) is 0. The van der Waals surface area contributed by atoms with Crippen molar-refractivity contribution in [3.05, 3.63) is 32.1 Å². The molecule has 6 heteroatoms. The molecule has 0 spiro atoms. The van der Waals surface area contributed by atoms with Gasteiger partial charge in [0.1, 0.15) is 0 Å². The zero-order valence-electron chi connectivity index (χ0n) is 12.1. The molecule has 0 aliphatic heterocycles. The normalized spacial score (nSPS) is 12.1. The van der Waals surface area contributed by atoms with E-state index in [9.17, 15) is 9.59 Å². The van der Waals surface area contributed by atoms with Gasteiger partial charge in [0.25, 0.3) is 5.56 Å². The van der Waals surface area contributed by atoms with Crippen LogP contribution >= 0.6 is 0 Å². The van der Waals surface area contributed by atoms with Crippen LogP contribution in [0.25, 0.3) is 11.0 Å². The number of hydrogen-bond acceptors (Lipinski definition) is 4. The summed E-state index contributed by atoms with van der Waals surface area (Å²) in [4.78, 5) is 24.3. The molecule has 0 N–H and O–H groups in total. The number of aryl methyl sites for hydroxylation is 2. The fourth-order valence-electron chi connectivity index (χ4n) is 2.44. The summed E-state index contributed by atoms with van der Waals surface area (Å²) < 4.78 is 2.47. The molecule has 0 saturated heterocycles. The maximum absolute atomic E-state index is 12.4. The van der Waals surface area contributed by atoms with Gasteiger partial charge in [-0.2, -0.15) is 5.10 Å². The number of fused-ring (bicyclic) bond motifs is 1. The Hall–Kier alpha value is -1.98. The van der Waals surface area contributed by atoms with Crippen molar-refractivity contribution < 1.29 is 0 Å². The molecule has 19 heavy (non-hydrogen) atoms. The lowest BCUT2D eigenvalue weighted by molar-refractivity contribution is 0.581. The lowest BCUT2D eigenvalue weighted by atomic mass is 9.84. The molecule has 6 nitrogen and oxygen atoms in total. The van der Waals surface area contributed by atoms with Crippen molar-refractivity contribution in [2.75, 3.05) is 0 Å². The number of aromatic nitrogens is 4. The minimum Gasteiger partial charge on any atom is -0.279 e. The highest BCUT2D eigenvalue weighted by Gasteiger charge is 2.25. The largest absolute Gasteiger partial charge is 0.332 e. The van der Waals surface area contributed by atoms with Crippen LogP contribution in [0.15, 0.2) is 9.59 Å². The Bertz CT molecular complexity index is 778. The molecule has 102 valence electrons. The highest BCUT2D eigenvalue weighted by Crippen LogP contribution is 2.28. The first kappa shape index (κ1) is 13.5. The smallest absolute Gasteiger partial charge is 0.279 e. The molecular formula is C13H18N4O2. The Morgan fingerprint density at radius 3 is 2.11 bits per heavy atom. The van der Waals surface area contributed by atoms with E-state index in [0.29, 0.717) is 11.0 Å². The van der Waals surface area contributed by atoms with Crippen LogP contribution in [0.5, 0.6) is 0 Å². The topological polar surface area (TPSA) is 69.8 Å². The van der Waals surface area contributed by atoms with Gasteiger partial charge in [0.15, 0.2) is 5.65 Å². The monoisotopic (exact) mass is 262 g/mol. The molecule has 0 amide bonds. The van der Waals surface area contributed by atoms with Gasteiger partial charge in [0.2, 0.25) is 0 Å². The average Bonchev–Trinajstić information content (AvgIpc) is 2.31. The fourth-order valence-corrected chi connectivity index (χ4v) is 2.44. The molecule has 2 rings (SSSR count). The van der Waals surface area contributed by atoms with Gasteiger partial charge in [0.05, 0.1) is 11.1 Å². The molecular weight excluding hydrogens is 244 g/mol. The standard InChI is InChI=1S/C13H18N4O2/c1-7-9(13(2,3)4)8-10(15-14-7)16(5)12(19)17(6)11(8)18/h1-6H3. The highest BCUT2D eigenvalue weighted by atomic mass is 16.2. The molecule has 2 aromatic heterocycles. The predicted octanol–water partition coefficient (Wildman–Crippen LogP) is 0.633. The van der Waals surface area contributed by atoms with Crippen LogP contribution in [0.1, 0.15) is 32.0 Å². The van der Waals surface area contributed by atoms with E-state index in [-0.39, 0.29) is 11.0 Å². The van der Waals surface area contributed by atoms with Crippen LogP contribution in [0.3, 0.4) is 0 Å². The van der Waals surface area contributed by atoms with Gasteiger partial charge in [-0.15, -0.1) is 5.10 Å². The maximum atomic E-state index is 12.4. The second kappa shape index (κ2) is 4.01. The van der Waals surface area contributed by atoms with Gasteiger partial charge >= 0.3 is 5.69 Å². The van der Waals surface area contributed by atoms with Crippen LogP contribution in [-0.4, -0.2) is 19.3 Å². The quantitative estimate of drug-likeness (QED) is 0.698. The summed E-state index contributed by atoms with van der Waals surface area (Å²) in [5.41, 5.74) is 0.937. The summed E-state index contributed by atoms with van der Waals surface area (Å²) in [6, 6.07) is 0. The van der Waals surface area contributed by atoms with Gasteiger partial charge in [-0.1, -0.05) is 20.8 Å². The molecule has 0 aromatic carbocycles. The Labute approximate surface area is 110 Å². The molecule has 0 atom stereocenters. The molecule has 2 heterocycles. The molecule has 0 aliphatic carbocycles. The van der Waals surface area contributed by atoms with E-state index in [1.54, 1.807) is 7.05 Å². The maximum Gasteiger partial charge on any atom is 0.332 e. The summed E-state index contributed by atoms with van der Waals surface area (Å²) in [5, 5.41) is 8.58. The first-order valence-electron chi connectivity index (χ1n) is 6.09. The Morgan fingerprint density at radius 2 is 1.58 bits per heavy atom. The van der Waals surface area contributed by atoms with Crippen molar-refractivity contribution in [2.45, 2.75) is 33.1 Å². The van der Waals surface area contributed by atoms with E-state index in [1.807, 2.05) is 27.7 Å². The molecule has 0 bridgehead atoms. The molecule has 0 fully saturated rings. The van der Waals surface area contributed by atoms with Crippen LogP contribution < -0.4 is 11.2 Å². The van der Waals surface area contributed by atoms with Gasteiger partial charge in [-0.25, -0.2) is 4.79 Å². The van der Waals surface area contributed by atoms with Crippen molar-refractivity contribution in [1.29, 1.82) is 0 Å². The van der Waals surface area contributed by atoms with Crippen LogP contribution in [0, 0.1) is 6.92 Å². The lowest BCUT2D eigenvalue weighted by Crippen LogP contribution is -2.38. The number of nitrogens with zero attached hydrogens (tertiary/aromatic N) is 4. The SMILES string of the molecule is Cc1nnc2c(c1C(C)(C)C)c(=O)n(C)c(=O)n2C. The minimum absolute atomic E-state index is 0.248. The summed E-state index contributed by atoms with van der Waals surface area (Å²) in [5.74, 6) is 0. The molecule has 0 radical (unpaired) electrons. The first-order valence-corrected chi connectivity index (χ1v) is 6.09. The molecule has 0 saturated carbocycles. The summed E-state index contributed by atoms with van der Waals surface area (Å²) in [7, 11) is 3.08. The molecule has 2 aromatic rings. The Kier molecular flexibility index (Phi) is 2.84. The van der Waals surface area contributed by atoms with E-state index in [2.05, 4.69) is 10.2 Å². The highest BCUT2D eigenvalue weighted by molar-refractivity contribution is 5.79. The van der Waals surface area contributed by atoms with E-state index >= 15 is 0 Å². The second-order valence-electron chi connectivity index (χ2n) is 5.81. The van der Waals surface area contributed by atoms with Crippen molar-refractivity contribution >= 4 is 11.0 Å². The van der Waals surface area contributed by atoms with Crippen molar-refractivity contribution in [3.63, 3.8) is 0 Å². The van der Waals surface area contributed by atoms with E-state index < -0.39 is 5.69 Å². The first-order chi connectivity index (χ1) is 8.66. The van der Waals surface area contributed by atoms with Gasteiger partial charge in [0, 0.05) is 14.1 Å². The number of rotatable bonds is 0. The van der Waals surface area contributed by atoms with E-state index in [1.165, 1.54) is 11.6 Å². The van der Waals surface area contributed by atoms with Crippen LogP contribution in [-0.2, 0) is 19.5 Å². The molecule has 0 unspecified atom stereocenters. The Morgan fingerprint density at radius 1 is 1.00 bits per heavy atom. The van der Waals surface area contributed by atoms with E-state index in [4.69, 9.17) is 0 Å². The second-order valence-corrected chi connectivity index (χ2v) is 5.81. The summed E-state index contributed by atoms with van der Waals surface area (Å²) in [6.45, 7) is 7.88. The average molecular weight is 262 g/mol. The minimum atomic E-state index is -0.393. The summed E-state index contributed by atoms with van der Waals surface area (Å²) in [6.07, 6.45) is 0. The van der Waals surface area contributed by atoms with Gasteiger partial charge in [-0.3, -0.25) is 13.9 Å². The third-order valence-corrected chi connectivity index (χ3v) is 3.29. The van der Waals surface area contributed by atoms with Crippen molar-refractivity contribution in [1.82, 2.24) is 19.3 Å². The van der Waals surface area contributed by atoms with Crippen molar-refractivity contribution in [2.24, 2.45) is 14.1 Å². The van der Waals surface area contributed by atoms with Crippen LogP contribution in [0.4, 0.5) is 0 Å².